The van der Waals surface area contributed by atoms with E-state index in [0.717, 1.165) is 50.8 Å². The Kier molecular flexibility index (Phi) is 7.95. The van der Waals surface area contributed by atoms with Crippen molar-refractivity contribution in [1.29, 1.82) is 0 Å². The average molecular weight is 516 g/mol. The summed E-state index contributed by atoms with van der Waals surface area (Å²) >= 11 is 0. The zero-order valence-corrected chi connectivity index (χ0v) is 21.5. The van der Waals surface area contributed by atoms with Crippen LogP contribution in [0.1, 0.15) is 45.9 Å². The van der Waals surface area contributed by atoms with Gasteiger partial charge in [0.2, 0.25) is 0 Å². The highest BCUT2D eigenvalue weighted by atomic mass is 35.5. The fraction of sp³-hybridized carbons (Fsp3) is 0.407. The second kappa shape index (κ2) is 11.0. The lowest BCUT2D eigenvalue weighted by molar-refractivity contribution is 0.0744. The van der Waals surface area contributed by atoms with E-state index in [4.69, 9.17) is 0 Å². The number of carbonyl (C=O) groups is 1. The minimum absolute atomic E-state index is 0. The molecule has 1 aromatic heterocycles. The van der Waals surface area contributed by atoms with Crippen LogP contribution in [0, 0.1) is 25.5 Å². The molecule has 0 radical (unpaired) electrons. The molecule has 1 amide bonds. The second-order valence-corrected chi connectivity index (χ2v) is 9.47. The van der Waals surface area contributed by atoms with Gasteiger partial charge < -0.3 is 15.1 Å². The number of hydrogen-bond acceptors (Lipinski definition) is 4. The summed E-state index contributed by atoms with van der Waals surface area (Å²) in [6.45, 7) is 8.60. The maximum absolute atomic E-state index is 14.7. The quantitative estimate of drug-likeness (QED) is 0.551. The Morgan fingerprint density at radius 3 is 2.42 bits per heavy atom. The fourth-order valence-electron chi connectivity index (χ4n) is 5.25. The van der Waals surface area contributed by atoms with Crippen molar-refractivity contribution >= 4 is 24.0 Å². The Morgan fingerprint density at radius 1 is 1.00 bits per heavy atom. The highest BCUT2D eigenvalue weighted by Crippen LogP contribution is 2.32. The summed E-state index contributed by atoms with van der Waals surface area (Å²) in [5.74, 6) is -1.34. The van der Waals surface area contributed by atoms with E-state index in [1.54, 1.807) is 6.20 Å². The van der Waals surface area contributed by atoms with Gasteiger partial charge in [0.25, 0.3) is 5.91 Å². The topological polar surface area (TPSA) is 53.4 Å². The van der Waals surface area contributed by atoms with Crippen molar-refractivity contribution in [2.75, 3.05) is 44.2 Å². The molecule has 2 saturated heterocycles. The lowest BCUT2D eigenvalue weighted by Gasteiger charge is -2.37. The van der Waals surface area contributed by atoms with Gasteiger partial charge in [-0.25, -0.2) is 13.5 Å². The van der Waals surface area contributed by atoms with Crippen molar-refractivity contribution < 1.29 is 13.6 Å². The van der Waals surface area contributed by atoms with E-state index in [0.29, 0.717) is 18.7 Å². The average Bonchev–Trinajstić information content (AvgIpc) is 3.31. The highest BCUT2D eigenvalue weighted by molar-refractivity contribution is 5.95. The van der Waals surface area contributed by atoms with E-state index in [1.165, 1.54) is 33.6 Å². The summed E-state index contributed by atoms with van der Waals surface area (Å²) in [4.78, 5) is 17.9. The van der Waals surface area contributed by atoms with Gasteiger partial charge in [0.05, 0.1) is 17.5 Å². The molecule has 192 valence electrons. The number of anilines is 1. The normalized spacial score (nSPS) is 16.7. The molecule has 3 heterocycles. The molecule has 2 aliphatic heterocycles. The summed E-state index contributed by atoms with van der Waals surface area (Å²) < 4.78 is 29.8. The molecule has 36 heavy (non-hydrogen) atoms. The van der Waals surface area contributed by atoms with Gasteiger partial charge >= 0.3 is 0 Å². The Morgan fingerprint density at radius 2 is 1.72 bits per heavy atom. The van der Waals surface area contributed by atoms with Gasteiger partial charge in [0.1, 0.15) is 11.5 Å². The number of hydrogen-bond donors (Lipinski definition) is 1. The number of piperazine rings is 1. The fourth-order valence-corrected chi connectivity index (χ4v) is 5.25. The highest BCUT2D eigenvalue weighted by Gasteiger charge is 2.31. The summed E-state index contributed by atoms with van der Waals surface area (Å²) in [6, 6.07) is 9.79. The first-order valence-electron chi connectivity index (χ1n) is 12.3. The van der Waals surface area contributed by atoms with Crippen LogP contribution in [0.5, 0.6) is 0 Å². The van der Waals surface area contributed by atoms with Gasteiger partial charge in [-0.1, -0.05) is 12.1 Å². The number of rotatable bonds is 4. The van der Waals surface area contributed by atoms with Crippen LogP contribution in [-0.4, -0.2) is 59.9 Å². The molecule has 2 aromatic carbocycles. The zero-order valence-electron chi connectivity index (χ0n) is 20.6. The van der Waals surface area contributed by atoms with Crippen molar-refractivity contribution in [2.45, 2.75) is 32.6 Å². The van der Waals surface area contributed by atoms with Crippen LogP contribution in [-0.2, 0) is 0 Å². The molecule has 2 fully saturated rings. The molecule has 6 nitrogen and oxygen atoms in total. The van der Waals surface area contributed by atoms with Gasteiger partial charge in [-0.2, -0.15) is 5.10 Å². The SMILES string of the molecule is Cc1cccc(N2CCN(C(=O)c3cnn(-c4ccc(F)cc4F)c3C3CCNCC3)CC2)c1C.Cl. The van der Waals surface area contributed by atoms with E-state index >= 15 is 0 Å². The summed E-state index contributed by atoms with van der Waals surface area (Å²) in [7, 11) is 0. The van der Waals surface area contributed by atoms with Crippen LogP contribution < -0.4 is 10.2 Å². The Hall–Kier alpha value is -2.97. The van der Waals surface area contributed by atoms with Crippen LogP contribution in [0.25, 0.3) is 5.69 Å². The predicted octanol–water partition coefficient (Wildman–Crippen LogP) is 4.62. The van der Waals surface area contributed by atoms with Crippen LogP contribution in [0.15, 0.2) is 42.6 Å². The molecule has 0 unspecified atom stereocenters. The van der Waals surface area contributed by atoms with Crippen LogP contribution >= 0.6 is 12.4 Å². The first kappa shape index (κ1) is 26.1. The Labute approximate surface area is 216 Å². The summed E-state index contributed by atoms with van der Waals surface area (Å²) in [6.07, 6.45) is 3.21. The molecule has 0 aliphatic carbocycles. The van der Waals surface area contributed by atoms with E-state index in [2.05, 4.69) is 47.4 Å². The molecule has 5 rings (SSSR count). The lowest BCUT2D eigenvalue weighted by Crippen LogP contribution is -2.49. The smallest absolute Gasteiger partial charge is 0.257 e. The van der Waals surface area contributed by atoms with Crippen molar-refractivity contribution in [3.8, 4) is 5.69 Å². The molecule has 0 saturated carbocycles. The third-order valence-electron chi connectivity index (χ3n) is 7.38. The maximum atomic E-state index is 14.7. The number of nitrogens with zero attached hydrogens (tertiary/aromatic N) is 4. The Bertz CT molecular complexity index is 1230. The standard InChI is InChI=1S/C27H31F2N5O.ClH/c1-18-4-3-5-24(19(18)2)32-12-14-33(15-13-32)27(35)22-17-31-34(25-7-6-21(28)16-23(25)29)26(22)20-8-10-30-11-9-20;/h3-7,16-17,20,30H,8-15H2,1-2H3;1H. The van der Waals surface area contributed by atoms with Gasteiger partial charge in [-0.15, -0.1) is 12.4 Å². The number of carbonyl (C=O) groups excluding carboxylic acids is 1. The molecular weight excluding hydrogens is 484 g/mol. The van der Waals surface area contributed by atoms with Crippen LogP contribution in [0.4, 0.5) is 14.5 Å². The van der Waals surface area contributed by atoms with E-state index in [1.807, 2.05) is 4.90 Å². The molecular formula is C27H32ClF2N5O. The molecule has 0 atom stereocenters. The second-order valence-electron chi connectivity index (χ2n) is 9.47. The number of piperidine rings is 1. The number of nitrogens with one attached hydrogen (secondary N) is 1. The monoisotopic (exact) mass is 515 g/mol. The predicted molar refractivity (Wildman–Crippen MR) is 140 cm³/mol. The maximum Gasteiger partial charge on any atom is 0.257 e. The molecule has 0 bridgehead atoms. The lowest BCUT2D eigenvalue weighted by atomic mass is 9.91. The summed E-state index contributed by atoms with van der Waals surface area (Å²) in [5.41, 5.74) is 5.14. The molecule has 3 aromatic rings. The molecule has 0 spiro atoms. The van der Waals surface area contributed by atoms with Crippen LogP contribution in [0.3, 0.4) is 0 Å². The van der Waals surface area contributed by atoms with Crippen molar-refractivity contribution in [3.05, 3.63) is 76.6 Å². The number of aromatic nitrogens is 2. The van der Waals surface area contributed by atoms with E-state index in [-0.39, 0.29) is 29.9 Å². The molecule has 2 aliphatic rings. The largest absolute Gasteiger partial charge is 0.368 e. The van der Waals surface area contributed by atoms with Gasteiger partial charge in [0.15, 0.2) is 5.82 Å². The van der Waals surface area contributed by atoms with Crippen LogP contribution in [0.2, 0.25) is 0 Å². The zero-order chi connectivity index (χ0) is 24.5. The minimum Gasteiger partial charge on any atom is -0.368 e. The first-order chi connectivity index (χ1) is 16.9. The van der Waals surface area contributed by atoms with E-state index in [9.17, 15) is 13.6 Å². The van der Waals surface area contributed by atoms with Crippen molar-refractivity contribution in [1.82, 2.24) is 20.0 Å². The number of benzene rings is 2. The minimum atomic E-state index is -0.690. The third kappa shape index (κ3) is 4.97. The number of aryl methyl sites for hydroxylation is 1. The number of amides is 1. The van der Waals surface area contributed by atoms with Gasteiger partial charge in [-0.3, -0.25) is 4.79 Å². The molecule has 9 heteroatoms. The summed E-state index contributed by atoms with van der Waals surface area (Å²) in [5, 5.41) is 7.77. The van der Waals surface area contributed by atoms with Crippen molar-refractivity contribution in [3.63, 3.8) is 0 Å². The Balaban J connectivity index is 0.00000304. The third-order valence-corrected chi connectivity index (χ3v) is 7.38. The van der Waals surface area contributed by atoms with Crippen molar-refractivity contribution in [2.24, 2.45) is 0 Å². The van der Waals surface area contributed by atoms with E-state index < -0.39 is 11.6 Å². The van der Waals surface area contributed by atoms with Gasteiger partial charge in [-0.05, 0) is 69.1 Å². The first-order valence-corrected chi connectivity index (χ1v) is 12.3. The number of halogens is 3. The van der Waals surface area contributed by atoms with Gasteiger partial charge in [0, 0.05) is 43.9 Å². The molecule has 1 N–H and O–H groups in total.